The minimum absolute atomic E-state index is 0.130. The number of pyridine rings is 1. The van der Waals surface area contributed by atoms with Gasteiger partial charge in [0.15, 0.2) is 5.65 Å². The van der Waals surface area contributed by atoms with E-state index in [1.807, 2.05) is 0 Å². The average molecular weight is 206 g/mol. The summed E-state index contributed by atoms with van der Waals surface area (Å²) >= 11 is 0. The van der Waals surface area contributed by atoms with E-state index >= 15 is 0 Å². The van der Waals surface area contributed by atoms with Gasteiger partial charge in [-0.15, -0.1) is 0 Å². The smallest absolute Gasteiger partial charge is 0.374 e. The zero-order valence-electron chi connectivity index (χ0n) is 8.37. The Balaban J connectivity index is 2.61. The average Bonchev–Trinajstić information content (AvgIpc) is 2.60. The molecule has 6 heteroatoms. The van der Waals surface area contributed by atoms with Crippen LogP contribution in [0.5, 0.6) is 0 Å². The molecule has 78 valence electrons. The van der Waals surface area contributed by atoms with E-state index in [-0.39, 0.29) is 5.82 Å². The largest absolute Gasteiger partial charge is 0.463 e. The van der Waals surface area contributed by atoms with Gasteiger partial charge in [0.05, 0.1) is 24.0 Å². The molecule has 0 aromatic carbocycles. The lowest BCUT2D eigenvalue weighted by atomic mass is 10.3. The van der Waals surface area contributed by atoms with Gasteiger partial charge in [0.25, 0.3) is 0 Å². The van der Waals surface area contributed by atoms with E-state index in [0.717, 1.165) is 0 Å². The number of nitrogens with two attached hydrogens (primary N) is 1. The third kappa shape index (κ3) is 1.50. The number of imidazole rings is 1. The molecule has 0 aliphatic carbocycles. The molecule has 2 heterocycles. The van der Waals surface area contributed by atoms with E-state index in [4.69, 9.17) is 5.73 Å². The van der Waals surface area contributed by atoms with Crippen LogP contribution in [0.25, 0.3) is 11.2 Å². The van der Waals surface area contributed by atoms with Gasteiger partial charge in [-0.1, -0.05) is 0 Å². The van der Waals surface area contributed by atoms with Crippen LogP contribution < -0.4 is 5.73 Å². The first-order valence-electron chi connectivity index (χ1n) is 4.33. The molecule has 0 spiro atoms. The summed E-state index contributed by atoms with van der Waals surface area (Å²) in [5.74, 6) is -0.394. The molecule has 0 saturated heterocycles. The number of carbonyl (C=O) groups is 1. The number of nitrogens with one attached hydrogen (secondary N) is 1. The summed E-state index contributed by atoms with van der Waals surface area (Å²) in [7, 11) is 1.29. The number of aryl methyl sites for hydroxylation is 1. The van der Waals surface area contributed by atoms with E-state index in [1.165, 1.54) is 7.11 Å². The molecule has 2 aromatic rings. The van der Waals surface area contributed by atoms with Gasteiger partial charge in [-0.25, -0.2) is 14.8 Å². The number of aromatic amines is 1. The van der Waals surface area contributed by atoms with E-state index in [2.05, 4.69) is 19.7 Å². The Morgan fingerprint density at radius 2 is 2.27 bits per heavy atom. The molecule has 0 amide bonds. The number of anilines is 1. The Morgan fingerprint density at radius 3 is 2.93 bits per heavy atom. The summed E-state index contributed by atoms with van der Waals surface area (Å²) in [5.41, 5.74) is 8.00. The van der Waals surface area contributed by atoms with Crippen LogP contribution in [0.1, 0.15) is 16.3 Å². The second-order valence-electron chi connectivity index (χ2n) is 3.11. The highest BCUT2D eigenvalue weighted by atomic mass is 16.5. The van der Waals surface area contributed by atoms with Crippen molar-refractivity contribution in [3.05, 3.63) is 17.6 Å². The number of rotatable bonds is 1. The highest BCUT2D eigenvalue weighted by Gasteiger charge is 2.12. The van der Waals surface area contributed by atoms with Crippen molar-refractivity contribution in [2.75, 3.05) is 12.8 Å². The third-order valence-electron chi connectivity index (χ3n) is 2.08. The van der Waals surface area contributed by atoms with Crippen LogP contribution in [0.3, 0.4) is 0 Å². The summed E-state index contributed by atoms with van der Waals surface area (Å²) < 4.78 is 4.53. The summed E-state index contributed by atoms with van der Waals surface area (Å²) in [6.07, 6.45) is 0. The lowest BCUT2D eigenvalue weighted by molar-refractivity contribution is 0.0588. The van der Waals surface area contributed by atoms with Gasteiger partial charge in [-0.05, 0) is 13.0 Å². The molecule has 15 heavy (non-hydrogen) atoms. The predicted molar refractivity (Wildman–Crippen MR) is 54.4 cm³/mol. The minimum atomic E-state index is -0.524. The topological polar surface area (TPSA) is 93.9 Å². The Hall–Kier alpha value is -2.11. The van der Waals surface area contributed by atoms with Gasteiger partial charge in [-0.3, -0.25) is 0 Å². The number of esters is 1. The van der Waals surface area contributed by atoms with E-state index in [0.29, 0.717) is 22.5 Å². The molecule has 0 saturated carbocycles. The predicted octanol–water partition coefficient (Wildman–Crippen LogP) is 0.635. The van der Waals surface area contributed by atoms with Crippen LogP contribution in [0, 0.1) is 6.92 Å². The van der Waals surface area contributed by atoms with Gasteiger partial charge in [0.2, 0.25) is 5.82 Å². The molecular formula is C9H10N4O2. The number of ether oxygens (including phenoxy) is 1. The molecule has 0 atom stereocenters. The first-order chi connectivity index (χ1) is 7.11. The lowest BCUT2D eigenvalue weighted by Crippen LogP contribution is -2.02. The van der Waals surface area contributed by atoms with Crippen molar-refractivity contribution in [3.8, 4) is 0 Å². The molecule has 0 bridgehead atoms. The van der Waals surface area contributed by atoms with Crippen molar-refractivity contribution in [2.45, 2.75) is 6.92 Å². The van der Waals surface area contributed by atoms with Crippen molar-refractivity contribution < 1.29 is 9.53 Å². The van der Waals surface area contributed by atoms with Crippen LogP contribution in [0.15, 0.2) is 6.07 Å². The van der Waals surface area contributed by atoms with Gasteiger partial charge in [0.1, 0.15) is 0 Å². The number of nitrogen functional groups attached to an aromatic ring is 1. The van der Waals surface area contributed by atoms with Crippen molar-refractivity contribution in [1.29, 1.82) is 0 Å². The zero-order valence-corrected chi connectivity index (χ0v) is 8.37. The maximum Gasteiger partial charge on any atom is 0.374 e. The van der Waals surface area contributed by atoms with Crippen molar-refractivity contribution >= 4 is 22.8 Å². The fourth-order valence-corrected chi connectivity index (χ4v) is 1.24. The number of nitrogens with zero attached hydrogens (tertiary/aromatic N) is 2. The highest BCUT2D eigenvalue weighted by Crippen LogP contribution is 2.15. The molecule has 2 rings (SSSR count). The van der Waals surface area contributed by atoms with E-state index in [9.17, 15) is 4.79 Å². The molecule has 0 unspecified atom stereocenters. The number of carbonyl (C=O) groups excluding carboxylic acids is 1. The van der Waals surface area contributed by atoms with Gasteiger partial charge < -0.3 is 15.5 Å². The molecule has 0 fully saturated rings. The minimum Gasteiger partial charge on any atom is -0.463 e. The molecular weight excluding hydrogens is 196 g/mol. The Labute approximate surface area is 85.5 Å². The molecule has 2 aromatic heterocycles. The van der Waals surface area contributed by atoms with Crippen LogP contribution in [-0.4, -0.2) is 28.0 Å². The number of hydrogen-bond acceptors (Lipinski definition) is 5. The summed E-state index contributed by atoms with van der Waals surface area (Å²) in [6, 6.07) is 1.69. The number of fused-ring (bicyclic) bond motifs is 1. The van der Waals surface area contributed by atoms with Gasteiger partial charge in [0, 0.05) is 0 Å². The van der Waals surface area contributed by atoms with Gasteiger partial charge >= 0.3 is 5.97 Å². The number of hydrogen-bond donors (Lipinski definition) is 2. The number of methoxy groups -OCH3 is 1. The van der Waals surface area contributed by atoms with E-state index in [1.54, 1.807) is 13.0 Å². The molecule has 0 radical (unpaired) electrons. The molecule has 0 aliphatic heterocycles. The summed E-state index contributed by atoms with van der Waals surface area (Å²) in [4.78, 5) is 22.1. The maximum atomic E-state index is 11.2. The van der Waals surface area contributed by atoms with Crippen molar-refractivity contribution in [2.24, 2.45) is 0 Å². The second kappa shape index (κ2) is 3.23. The van der Waals surface area contributed by atoms with Crippen molar-refractivity contribution in [1.82, 2.24) is 15.0 Å². The quantitative estimate of drug-likeness (QED) is 0.667. The normalized spacial score (nSPS) is 10.5. The zero-order chi connectivity index (χ0) is 11.0. The van der Waals surface area contributed by atoms with Crippen LogP contribution in [0.2, 0.25) is 0 Å². The Bertz CT molecular complexity index is 493. The van der Waals surface area contributed by atoms with Crippen molar-refractivity contribution in [3.63, 3.8) is 0 Å². The monoisotopic (exact) mass is 206 g/mol. The highest BCUT2D eigenvalue weighted by molar-refractivity contribution is 5.89. The number of aromatic nitrogens is 3. The fourth-order valence-electron chi connectivity index (χ4n) is 1.24. The Kier molecular flexibility index (Phi) is 2.03. The second-order valence-corrected chi connectivity index (χ2v) is 3.11. The van der Waals surface area contributed by atoms with Crippen LogP contribution in [-0.2, 0) is 4.74 Å². The number of H-pyrrole nitrogens is 1. The van der Waals surface area contributed by atoms with Crippen LogP contribution in [0.4, 0.5) is 5.69 Å². The molecule has 6 nitrogen and oxygen atoms in total. The standard InChI is InChI=1S/C9H10N4O2/c1-4-5(10)3-6-7(11-4)13-8(12-6)9(14)15-2/h3H,10H2,1-2H3,(H,11,12,13). The first-order valence-corrected chi connectivity index (χ1v) is 4.33. The third-order valence-corrected chi connectivity index (χ3v) is 2.08. The fraction of sp³-hybridized carbons (Fsp3) is 0.222. The Morgan fingerprint density at radius 1 is 1.53 bits per heavy atom. The SMILES string of the molecule is COC(=O)c1nc2nc(C)c(N)cc2[nH]1. The van der Waals surface area contributed by atoms with E-state index < -0.39 is 5.97 Å². The maximum absolute atomic E-state index is 11.2. The van der Waals surface area contributed by atoms with Crippen LogP contribution >= 0.6 is 0 Å². The summed E-state index contributed by atoms with van der Waals surface area (Å²) in [5, 5.41) is 0. The molecule has 0 aliphatic rings. The first kappa shape index (κ1) is 9.45. The summed E-state index contributed by atoms with van der Waals surface area (Å²) in [6.45, 7) is 1.78. The lowest BCUT2D eigenvalue weighted by Gasteiger charge is -1.96. The molecule has 3 N–H and O–H groups in total. The van der Waals surface area contributed by atoms with Gasteiger partial charge in [-0.2, -0.15) is 0 Å².